The molecule has 9 heteroatoms. The van der Waals surface area contributed by atoms with Crippen LogP contribution in [0.2, 0.25) is 0 Å². The summed E-state index contributed by atoms with van der Waals surface area (Å²) in [5.74, 6) is 0.0363. The van der Waals surface area contributed by atoms with Crippen LogP contribution in [0, 0.1) is 17.0 Å². The zero-order valence-electron chi connectivity index (χ0n) is 17.1. The molecule has 30 heavy (non-hydrogen) atoms. The lowest BCUT2D eigenvalue weighted by Crippen LogP contribution is -2.35. The van der Waals surface area contributed by atoms with Crippen LogP contribution in [-0.4, -0.2) is 31.6 Å². The Hall–Kier alpha value is -3.88. The van der Waals surface area contributed by atoms with Gasteiger partial charge in [0.1, 0.15) is 5.60 Å². The van der Waals surface area contributed by atoms with Gasteiger partial charge >= 0.3 is 6.09 Å². The average Bonchev–Trinajstić information content (AvgIpc) is 2.69. The fourth-order valence-corrected chi connectivity index (χ4v) is 2.68. The lowest BCUT2D eigenvalue weighted by Gasteiger charge is -2.27. The molecule has 9 nitrogen and oxygen atoms in total. The number of nitro benzene ring substituents is 1. The summed E-state index contributed by atoms with van der Waals surface area (Å²) >= 11 is 0. The molecule has 0 unspecified atom stereocenters. The predicted molar refractivity (Wildman–Crippen MR) is 111 cm³/mol. The number of aromatic nitrogens is 3. The van der Waals surface area contributed by atoms with Gasteiger partial charge < -0.3 is 4.74 Å². The van der Waals surface area contributed by atoms with Gasteiger partial charge in [-0.3, -0.25) is 15.1 Å². The second kappa shape index (κ2) is 8.24. The van der Waals surface area contributed by atoms with Gasteiger partial charge in [0.05, 0.1) is 16.3 Å². The molecule has 0 atom stereocenters. The highest BCUT2D eigenvalue weighted by Crippen LogP contribution is 2.32. The van der Waals surface area contributed by atoms with E-state index in [4.69, 9.17) is 4.74 Å². The van der Waals surface area contributed by atoms with Gasteiger partial charge in [-0.1, -0.05) is 6.07 Å². The van der Waals surface area contributed by atoms with E-state index in [1.165, 1.54) is 18.3 Å². The van der Waals surface area contributed by atoms with Crippen LogP contribution in [0.1, 0.15) is 26.3 Å². The van der Waals surface area contributed by atoms with Gasteiger partial charge in [-0.05, 0) is 51.5 Å². The highest BCUT2D eigenvalue weighted by atomic mass is 16.6. The quantitative estimate of drug-likeness (QED) is 0.450. The zero-order chi connectivity index (χ0) is 21.9. The first-order valence-corrected chi connectivity index (χ1v) is 9.17. The number of carbonyl (C=O) groups excluding carboxylic acids is 1. The van der Waals surface area contributed by atoms with Crippen molar-refractivity contribution in [2.45, 2.75) is 33.3 Å². The van der Waals surface area contributed by atoms with Crippen molar-refractivity contribution in [3.63, 3.8) is 0 Å². The van der Waals surface area contributed by atoms with Gasteiger partial charge in [0, 0.05) is 36.3 Å². The Morgan fingerprint density at radius 2 is 1.93 bits per heavy atom. The summed E-state index contributed by atoms with van der Waals surface area (Å²) in [6.07, 6.45) is 4.05. The van der Waals surface area contributed by atoms with E-state index in [1.807, 2.05) is 6.07 Å². The fraction of sp³-hybridized carbons (Fsp3) is 0.238. The largest absolute Gasteiger partial charge is 0.443 e. The lowest BCUT2D eigenvalue weighted by molar-refractivity contribution is -0.384. The predicted octanol–water partition coefficient (Wildman–Crippen LogP) is 4.83. The Balaban J connectivity index is 2.15. The maximum Gasteiger partial charge on any atom is 0.421 e. The second-order valence-corrected chi connectivity index (χ2v) is 7.53. The van der Waals surface area contributed by atoms with Crippen LogP contribution in [-0.2, 0) is 4.74 Å². The molecule has 0 N–H and O–H groups in total. The summed E-state index contributed by atoms with van der Waals surface area (Å²) < 4.78 is 5.53. The monoisotopic (exact) mass is 407 g/mol. The van der Waals surface area contributed by atoms with E-state index in [0.717, 1.165) is 10.5 Å². The highest BCUT2D eigenvalue weighted by molar-refractivity contribution is 5.95. The number of nitro groups is 1. The van der Waals surface area contributed by atoms with E-state index < -0.39 is 16.6 Å². The number of hydrogen-bond donors (Lipinski definition) is 0. The molecule has 0 aliphatic rings. The van der Waals surface area contributed by atoms with E-state index >= 15 is 0 Å². The van der Waals surface area contributed by atoms with Crippen LogP contribution in [0.5, 0.6) is 0 Å². The third-order valence-electron chi connectivity index (χ3n) is 4.02. The minimum Gasteiger partial charge on any atom is -0.443 e. The van der Waals surface area contributed by atoms with Gasteiger partial charge in [0.25, 0.3) is 5.69 Å². The van der Waals surface area contributed by atoms with Crippen molar-refractivity contribution in [2.24, 2.45) is 0 Å². The molecule has 0 spiro atoms. The lowest BCUT2D eigenvalue weighted by atomic mass is 10.1. The van der Waals surface area contributed by atoms with E-state index in [1.54, 1.807) is 58.3 Å². The Kier molecular flexibility index (Phi) is 5.72. The Labute approximate surface area is 173 Å². The van der Waals surface area contributed by atoms with Crippen molar-refractivity contribution in [3.05, 3.63) is 70.7 Å². The molecule has 154 valence electrons. The standard InChI is InChI=1S/C21H21N5O4/c1-14-7-8-16(26(28)29)12-18(14)25(20(27)30-21(2,3)4)19-23-11-9-17(24-19)15-6-5-10-22-13-15/h5-13H,1-4H3. The first-order valence-electron chi connectivity index (χ1n) is 9.17. The first kappa shape index (κ1) is 20.8. The van der Waals surface area contributed by atoms with Gasteiger partial charge in [-0.15, -0.1) is 0 Å². The minimum atomic E-state index is -0.787. The fourth-order valence-electron chi connectivity index (χ4n) is 2.68. The van der Waals surface area contributed by atoms with E-state index in [9.17, 15) is 14.9 Å². The number of carbonyl (C=O) groups is 1. The molecule has 1 amide bonds. The van der Waals surface area contributed by atoms with Gasteiger partial charge in [0.2, 0.25) is 5.95 Å². The smallest absolute Gasteiger partial charge is 0.421 e. The van der Waals surface area contributed by atoms with Crippen LogP contribution in [0.25, 0.3) is 11.3 Å². The third-order valence-corrected chi connectivity index (χ3v) is 4.02. The molecule has 0 bridgehead atoms. The summed E-state index contributed by atoms with van der Waals surface area (Å²) in [5, 5.41) is 11.3. The van der Waals surface area contributed by atoms with Gasteiger partial charge in [-0.2, -0.15) is 0 Å². The highest BCUT2D eigenvalue weighted by Gasteiger charge is 2.29. The summed E-state index contributed by atoms with van der Waals surface area (Å²) in [5.41, 5.74) is 1.23. The number of aryl methyl sites for hydroxylation is 1. The SMILES string of the molecule is Cc1ccc([N+](=O)[O-])cc1N(C(=O)OC(C)(C)C)c1nccc(-c2cccnc2)n1. The Morgan fingerprint density at radius 3 is 2.57 bits per heavy atom. The molecule has 0 fully saturated rings. The van der Waals surface area contributed by atoms with Crippen molar-refractivity contribution < 1.29 is 14.5 Å². The molecule has 1 aromatic carbocycles. The van der Waals surface area contributed by atoms with Crippen LogP contribution >= 0.6 is 0 Å². The van der Waals surface area contributed by atoms with E-state index in [0.29, 0.717) is 11.3 Å². The molecule has 0 radical (unpaired) electrons. The van der Waals surface area contributed by atoms with E-state index in [2.05, 4.69) is 15.0 Å². The first-order chi connectivity index (χ1) is 14.2. The molecular formula is C21H21N5O4. The van der Waals surface area contributed by atoms with Crippen molar-refractivity contribution in [2.75, 3.05) is 4.90 Å². The van der Waals surface area contributed by atoms with E-state index in [-0.39, 0.29) is 17.3 Å². The summed E-state index contributed by atoms with van der Waals surface area (Å²) in [6.45, 7) is 6.93. The number of nitrogens with zero attached hydrogens (tertiary/aromatic N) is 5. The maximum atomic E-state index is 13.1. The number of non-ortho nitro benzene ring substituents is 1. The minimum absolute atomic E-state index is 0.0363. The molecule has 2 aromatic heterocycles. The molecule has 0 saturated carbocycles. The number of benzene rings is 1. The molecule has 3 aromatic rings. The molecule has 2 heterocycles. The van der Waals surface area contributed by atoms with Crippen LogP contribution in [0.15, 0.2) is 55.0 Å². The number of ether oxygens (including phenoxy) is 1. The van der Waals surface area contributed by atoms with Crippen molar-refractivity contribution in [1.29, 1.82) is 0 Å². The van der Waals surface area contributed by atoms with Crippen LogP contribution in [0.3, 0.4) is 0 Å². The normalized spacial score (nSPS) is 11.1. The maximum absolute atomic E-state index is 13.1. The van der Waals surface area contributed by atoms with Crippen molar-refractivity contribution >= 4 is 23.4 Å². The summed E-state index contributed by atoms with van der Waals surface area (Å²) in [4.78, 5) is 37.8. The third kappa shape index (κ3) is 4.75. The summed E-state index contributed by atoms with van der Waals surface area (Å²) in [6, 6.07) is 9.53. The number of anilines is 2. The molecular weight excluding hydrogens is 386 g/mol. The molecule has 0 saturated heterocycles. The van der Waals surface area contributed by atoms with Crippen LogP contribution in [0.4, 0.5) is 22.1 Å². The number of pyridine rings is 1. The number of hydrogen-bond acceptors (Lipinski definition) is 7. The average molecular weight is 407 g/mol. The Morgan fingerprint density at radius 1 is 1.17 bits per heavy atom. The molecule has 3 rings (SSSR count). The van der Waals surface area contributed by atoms with Crippen molar-refractivity contribution in [1.82, 2.24) is 15.0 Å². The molecule has 0 aliphatic heterocycles. The number of amides is 1. The molecule has 0 aliphatic carbocycles. The zero-order valence-corrected chi connectivity index (χ0v) is 17.1. The van der Waals surface area contributed by atoms with Gasteiger partial charge in [-0.25, -0.2) is 19.7 Å². The van der Waals surface area contributed by atoms with Crippen molar-refractivity contribution in [3.8, 4) is 11.3 Å². The second-order valence-electron chi connectivity index (χ2n) is 7.53. The van der Waals surface area contributed by atoms with Crippen LogP contribution < -0.4 is 4.90 Å². The topological polar surface area (TPSA) is 111 Å². The number of rotatable bonds is 4. The van der Waals surface area contributed by atoms with Gasteiger partial charge in [0.15, 0.2) is 0 Å². The Bertz CT molecular complexity index is 1080. The summed E-state index contributed by atoms with van der Waals surface area (Å²) in [7, 11) is 0.